The molecule has 1 amide bonds. The van der Waals surface area contributed by atoms with Crippen molar-refractivity contribution < 1.29 is 4.79 Å². The second-order valence-electron chi connectivity index (χ2n) is 3.86. The quantitative estimate of drug-likeness (QED) is 0.746. The zero-order chi connectivity index (χ0) is 12.0. The summed E-state index contributed by atoms with van der Waals surface area (Å²) in [6, 6.07) is 0.00377. The van der Waals surface area contributed by atoms with E-state index in [9.17, 15) is 4.79 Å². The lowest BCUT2D eigenvalue weighted by Crippen LogP contribution is -2.26. The highest BCUT2D eigenvalue weighted by atomic mass is 32.1. The van der Waals surface area contributed by atoms with E-state index in [1.807, 2.05) is 19.2 Å². The first kappa shape index (κ1) is 13.1. The predicted octanol–water partition coefficient (Wildman–Crippen LogP) is 1.76. The van der Waals surface area contributed by atoms with Crippen LogP contribution >= 0.6 is 11.3 Å². The summed E-state index contributed by atoms with van der Waals surface area (Å²) in [6.45, 7) is 4.56. The molecule has 1 aromatic heterocycles. The van der Waals surface area contributed by atoms with Gasteiger partial charge in [0.25, 0.3) is 0 Å². The highest BCUT2D eigenvalue weighted by Gasteiger charge is 2.11. The molecule has 1 atom stereocenters. The van der Waals surface area contributed by atoms with Gasteiger partial charge >= 0.3 is 0 Å². The fraction of sp³-hybridized carbons (Fsp3) is 0.636. The van der Waals surface area contributed by atoms with E-state index >= 15 is 0 Å². The molecule has 0 radical (unpaired) electrons. The molecule has 3 N–H and O–H groups in total. The molecule has 90 valence electrons. The Labute approximate surface area is 100 Å². The number of unbranched alkanes of at least 4 members (excludes halogenated alkanes) is 1. The number of carbonyl (C=O) groups excluding carboxylic acids is 1. The molecule has 4 nitrogen and oxygen atoms in total. The smallest absolute Gasteiger partial charge is 0.220 e. The number of carbonyl (C=O) groups is 1. The van der Waals surface area contributed by atoms with E-state index in [-0.39, 0.29) is 11.9 Å². The van der Waals surface area contributed by atoms with Crippen LogP contribution in [0.15, 0.2) is 5.38 Å². The summed E-state index contributed by atoms with van der Waals surface area (Å²) in [6.07, 6.45) is 2.30. The molecule has 0 aliphatic heterocycles. The van der Waals surface area contributed by atoms with E-state index in [0.29, 0.717) is 13.0 Å². The van der Waals surface area contributed by atoms with E-state index < -0.39 is 0 Å². The maximum absolute atomic E-state index is 11.5. The van der Waals surface area contributed by atoms with Crippen LogP contribution in [0.2, 0.25) is 0 Å². The van der Waals surface area contributed by atoms with E-state index in [2.05, 4.69) is 10.3 Å². The van der Waals surface area contributed by atoms with Gasteiger partial charge in [0.1, 0.15) is 5.01 Å². The molecule has 1 aromatic rings. The third-order valence-electron chi connectivity index (χ3n) is 2.24. The number of thiazole rings is 1. The number of hydrogen-bond donors (Lipinski definition) is 2. The van der Waals surface area contributed by atoms with E-state index in [0.717, 1.165) is 23.5 Å². The molecular formula is C11H19N3OS. The number of nitrogens with zero attached hydrogens (tertiary/aromatic N) is 1. The zero-order valence-corrected chi connectivity index (χ0v) is 10.6. The summed E-state index contributed by atoms with van der Waals surface area (Å²) >= 11 is 1.58. The third kappa shape index (κ3) is 4.28. The summed E-state index contributed by atoms with van der Waals surface area (Å²) in [5.41, 5.74) is 6.37. The van der Waals surface area contributed by atoms with Gasteiger partial charge in [-0.15, -0.1) is 11.3 Å². The number of nitrogens with two attached hydrogens (primary N) is 1. The van der Waals surface area contributed by atoms with Crippen LogP contribution in [0.1, 0.15) is 42.9 Å². The standard InChI is InChI=1S/C11H19N3OS/c1-8-7-16-11(13-8)9(2)14-10(15)5-3-4-6-12/h7,9H,3-6,12H2,1-2H3,(H,14,15). The predicted molar refractivity (Wildman–Crippen MR) is 66.3 cm³/mol. The monoisotopic (exact) mass is 241 g/mol. The summed E-state index contributed by atoms with van der Waals surface area (Å²) in [4.78, 5) is 15.9. The molecule has 16 heavy (non-hydrogen) atoms. The van der Waals surface area contributed by atoms with Crippen LogP contribution in [0.3, 0.4) is 0 Å². The highest BCUT2D eigenvalue weighted by Crippen LogP contribution is 2.17. The van der Waals surface area contributed by atoms with Crippen molar-refractivity contribution in [1.29, 1.82) is 0 Å². The average molecular weight is 241 g/mol. The zero-order valence-electron chi connectivity index (χ0n) is 9.82. The van der Waals surface area contributed by atoms with Gasteiger partial charge in [-0.2, -0.15) is 0 Å². The SMILES string of the molecule is Cc1csc(C(C)NC(=O)CCCCN)n1. The Morgan fingerprint density at radius 2 is 2.38 bits per heavy atom. The molecule has 1 rings (SSSR count). The first-order chi connectivity index (χ1) is 7.63. The molecule has 0 spiro atoms. The Morgan fingerprint density at radius 1 is 1.62 bits per heavy atom. The van der Waals surface area contributed by atoms with Crippen LogP contribution in [-0.2, 0) is 4.79 Å². The molecule has 0 aliphatic carbocycles. The number of hydrogen-bond acceptors (Lipinski definition) is 4. The van der Waals surface area contributed by atoms with Crippen molar-refractivity contribution in [2.45, 2.75) is 39.2 Å². The molecule has 1 unspecified atom stereocenters. The van der Waals surface area contributed by atoms with Gasteiger partial charge < -0.3 is 11.1 Å². The molecule has 0 bridgehead atoms. The van der Waals surface area contributed by atoms with Gasteiger partial charge in [0.05, 0.1) is 6.04 Å². The molecule has 0 aromatic carbocycles. The molecule has 0 saturated carbocycles. The maximum atomic E-state index is 11.5. The minimum absolute atomic E-state index is 0.00377. The highest BCUT2D eigenvalue weighted by molar-refractivity contribution is 7.09. The number of rotatable bonds is 6. The lowest BCUT2D eigenvalue weighted by atomic mass is 10.2. The Morgan fingerprint density at radius 3 is 2.94 bits per heavy atom. The van der Waals surface area contributed by atoms with Crippen LogP contribution in [0, 0.1) is 6.92 Å². The Bertz CT molecular complexity index is 338. The van der Waals surface area contributed by atoms with Crippen LogP contribution < -0.4 is 11.1 Å². The number of aromatic nitrogens is 1. The average Bonchev–Trinajstić information content (AvgIpc) is 2.65. The van der Waals surface area contributed by atoms with Crippen molar-refractivity contribution in [1.82, 2.24) is 10.3 Å². The number of nitrogens with one attached hydrogen (secondary N) is 1. The molecule has 0 saturated heterocycles. The third-order valence-corrected chi connectivity index (χ3v) is 3.39. The first-order valence-electron chi connectivity index (χ1n) is 5.55. The first-order valence-corrected chi connectivity index (χ1v) is 6.43. The second kappa shape index (κ2) is 6.60. The molecule has 1 heterocycles. The molecule has 0 fully saturated rings. The fourth-order valence-electron chi connectivity index (χ4n) is 1.38. The van der Waals surface area contributed by atoms with Crippen molar-refractivity contribution in [3.8, 4) is 0 Å². The van der Waals surface area contributed by atoms with Crippen LogP contribution in [0.5, 0.6) is 0 Å². The number of aryl methyl sites for hydroxylation is 1. The maximum Gasteiger partial charge on any atom is 0.220 e. The lowest BCUT2D eigenvalue weighted by molar-refractivity contribution is -0.121. The fourth-order valence-corrected chi connectivity index (χ4v) is 2.18. The van der Waals surface area contributed by atoms with Gasteiger partial charge in [0, 0.05) is 17.5 Å². The Hall–Kier alpha value is -0.940. The van der Waals surface area contributed by atoms with Crippen LogP contribution in [0.4, 0.5) is 0 Å². The van der Waals surface area contributed by atoms with Gasteiger partial charge in [-0.3, -0.25) is 4.79 Å². The van der Waals surface area contributed by atoms with Crippen molar-refractivity contribution >= 4 is 17.2 Å². The van der Waals surface area contributed by atoms with Crippen molar-refractivity contribution in [2.24, 2.45) is 5.73 Å². The summed E-state index contributed by atoms with van der Waals surface area (Å²) in [5, 5.41) is 5.89. The summed E-state index contributed by atoms with van der Waals surface area (Å²) in [5.74, 6) is 0.0776. The summed E-state index contributed by atoms with van der Waals surface area (Å²) < 4.78 is 0. The van der Waals surface area contributed by atoms with E-state index in [4.69, 9.17) is 5.73 Å². The molecule has 0 aliphatic rings. The van der Waals surface area contributed by atoms with Crippen LogP contribution in [0.25, 0.3) is 0 Å². The van der Waals surface area contributed by atoms with Gasteiger partial charge in [-0.05, 0) is 33.2 Å². The molecule has 5 heteroatoms. The normalized spacial score (nSPS) is 12.4. The van der Waals surface area contributed by atoms with Crippen molar-refractivity contribution in [3.05, 3.63) is 16.1 Å². The van der Waals surface area contributed by atoms with Crippen molar-refractivity contribution in [3.63, 3.8) is 0 Å². The lowest BCUT2D eigenvalue weighted by Gasteiger charge is -2.10. The summed E-state index contributed by atoms with van der Waals surface area (Å²) in [7, 11) is 0. The minimum atomic E-state index is 0.00377. The van der Waals surface area contributed by atoms with Crippen molar-refractivity contribution in [2.75, 3.05) is 6.54 Å². The van der Waals surface area contributed by atoms with Gasteiger partial charge in [0.15, 0.2) is 0 Å². The van der Waals surface area contributed by atoms with Gasteiger partial charge in [-0.1, -0.05) is 0 Å². The Kier molecular flexibility index (Phi) is 5.42. The van der Waals surface area contributed by atoms with E-state index in [1.54, 1.807) is 11.3 Å². The minimum Gasteiger partial charge on any atom is -0.347 e. The number of amides is 1. The van der Waals surface area contributed by atoms with Gasteiger partial charge in [0.2, 0.25) is 5.91 Å². The van der Waals surface area contributed by atoms with Gasteiger partial charge in [-0.25, -0.2) is 4.98 Å². The Balaban J connectivity index is 2.33. The molecular weight excluding hydrogens is 222 g/mol. The second-order valence-corrected chi connectivity index (χ2v) is 4.75. The van der Waals surface area contributed by atoms with Crippen LogP contribution in [-0.4, -0.2) is 17.4 Å². The van der Waals surface area contributed by atoms with E-state index in [1.165, 1.54) is 0 Å². The largest absolute Gasteiger partial charge is 0.347 e. The topological polar surface area (TPSA) is 68.0 Å².